The highest BCUT2D eigenvalue weighted by Gasteiger charge is 2.21. The van der Waals surface area contributed by atoms with Gasteiger partial charge in [0.15, 0.2) is 0 Å². The lowest BCUT2D eigenvalue weighted by Crippen LogP contribution is -2.16. The van der Waals surface area contributed by atoms with E-state index in [4.69, 9.17) is 27.9 Å². The third-order valence-corrected chi connectivity index (χ3v) is 3.39. The van der Waals surface area contributed by atoms with Crippen LogP contribution in [0.25, 0.3) is 11.1 Å². The molecule has 3 N–H and O–H groups in total. The van der Waals surface area contributed by atoms with Crippen LogP contribution in [0.1, 0.15) is 16.7 Å². The van der Waals surface area contributed by atoms with E-state index in [9.17, 15) is 9.18 Å². The summed E-state index contributed by atoms with van der Waals surface area (Å²) in [6.07, 6.45) is 0. The number of aromatic amines is 1. The summed E-state index contributed by atoms with van der Waals surface area (Å²) in [7, 11) is 0. The second kappa shape index (κ2) is 5.28. The molecule has 0 radical (unpaired) electrons. The van der Waals surface area contributed by atoms with Crippen molar-refractivity contribution in [2.24, 2.45) is 0 Å². The van der Waals surface area contributed by atoms with Gasteiger partial charge in [-0.15, -0.1) is 0 Å². The highest BCUT2D eigenvalue weighted by Crippen LogP contribution is 2.33. The third-order valence-electron chi connectivity index (χ3n) is 2.99. The van der Waals surface area contributed by atoms with Crippen LogP contribution in [0.4, 0.5) is 10.2 Å². The van der Waals surface area contributed by atoms with Crippen LogP contribution in [-0.4, -0.2) is 4.98 Å². The number of nitrogens with one attached hydrogen (secondary N) is 1. The lowest BCUT2D eigenvalue weighted by Gasteiger charge is -2.11. The topological polar surface area (TPSA) is 106 Å². The Kier molecular flexibility index (Phi) is 3.66. The van der Waals surface area contributed by atoms with Gasteiger partial charge >= 0.3 is 0 Å². The lowest BCUT2D eigenvalue weighted by molar-refractivity contribution is 0.630. The zero-order chi connectivity index (χ0) is 15.7. The molecule has 0 amide bonds. The van der Waals surface area contributed by atoms with Gasteiger partial charge in [0.1, 0.15) is 34.9 Å². The number of halogens is 2. The number of H-pyrrole nitrogens is 1. The Morgan fingerprint density at radius 2 is 1.90 bits per heavy atom. The van der Waals surface area contributed by atoms with Gasteiger partial charge in [-0.1, -0.05) is 11.6 Å². The molecule has 0 fully saturated rings. The molecule has 0 aliphatic rings. The number of nitrogen functional groups attached to an aromatic ring is 1. The van der Waals surface area contributed by atoms with Crippen LogP contribution in [-0.2, 0) is 0 Å². The van der Waals surface area contributed by atoms with E-state index in [0.29, 0.717) is 5.56 Å². The number of nitrogens with zero attached hydrogens (tertiary/aromatic N) is 2. The zero-order valence-corrected chi connectivity index (χ0v) is 11.5. The number of anilines is 1. The normalized spacial score (nSPS) is 9.95. The Bertz CT molecular complexity index is 890. The number of aromatic nitrogens is 1. The fraction of sp³-hybridized carbons (Fsp3) is 0.0714. The van der Waals surface area contributed by atoms with Crippen molar-refractivity contribution in [2.45, 2.75) is 6.92 Å². The van der Waals surface area contributed by atoms with Crippen LogP contribution >= 0.6 is 11.6 Å². The predicted octanol–water partition coefficient (Wildman–Crippen LogP) is 2.47. The Balaban J connectivity index is 3.00. The van der Waals surface area contributed by atoms with E-state index in [1.165, 1.54) is 6.07 Å². The fourth-order valence-corrected chi connectivity index (χ4v) is 2.11. The van der Waals surface area contributed by atoms with E-state index in [-0.39, 0.29) is 33.1 Å². The number of rotatable bonds is 1. The highest BCUT2D eigenvalue weighted by atomic mass is 35.5. The Labute approximate surface area is 124 Å². The average molecular weight is 303 g/mol. The molecule has 0 unspecified atom stereocenters. The van der Waals surface area contributed by atoms with E-state index in [2.05, 4.69) is 4.98 Å². The molecule has 5 nitrogen and oxygen atoms in total. The monoisotopic (exact) mass is 302 g/mol. The molecule has 0 atom stereocenters. The molecule has 2 aromatic rings. The molecule has 104 valence electrons. The van der Waals surface area contributed by atoms with Gasteiger partial charge < -0.3 is 10.7 Å². The lowest BCUT2D eigenvalue weighted by atomic mass is 9.95. The molecule has 2 rings (SSSR count). The van der Waals surface area contributed by atoms with Crippen molar-refractivity contribution in [1.29, 1.82) is 10.5 Å². The quantitative estimate of drug-likeness (QED) is 0.843. The largest absolute Gasteiger partial charge is 0.384 e. The number of aryl methyl sites for hydroxylation is 1. The maximum atomic E-state index is 14.2. The zero-order valence-electron chi connectivity index (χ0n) is 10.8. The molecule has 0 saturated carbocycles. The van der Waals surface area contributed by atoms with Crippen molar-refractivity contribution in [3.8, 4) is 23.3 Å². The Morgan fingerprint density at radius 3 is 2.48 bits per heavy atom. The summed E-state index contributed by atoms with van der Waals surface area (Å²) in [5, 5.41) is 18.5. The number of nitrogens with two attached hydrogens (primary N) is 1. The Morgan fingerprint density at radius 1 is 1.29 bits per heavy atom. The second-order valence-electron chi connectivity index (χ2n) is 4.30. The summed E-state index contributed by atoms with van der Waals surface area (Å²) in [4.78, 5) is 14.0. The number of benzene rings is 1. The van der Waals surface area contributed by atoms with Crippen LogP contribution < -0.4 is 11.3 Å². The van der Waals surface area contributed by atoms with Gasteiger partial charge in [-0.25, -0.2) is 4.39 Å². The summed E-state index contributed by atoms with van der Waals surface area (Å²) < 4.78 is 14.2. The van der Waals surface area contributed by atoms with Crippen LogP contribution in [0.15, 0.2) is 16.9 Å². The molecule has 1 aromatic carbocycles. The summed E-state index contributed by atoms with van der Waals surface area (Å²) in [5.41, 5.74) is 4.44. The third kappa shape index (κ3) is 2.33. The van der Waals surface area contributed by atoms with E-state index >= 15 is 0 Å². The molecule has 7 heteroatoms. The summed E-state index contributed by atoms with van der Waals surface area (Å²) >= 11 is 5.96. The fourth-order valence-electron chi connectivity index (χ4n) is 1.95. The average Bonchev–Trinajstić information content (AvgIpc) is 2.42. The minimum atomic E-state index is -0.792. The van der Waals surface area contributed by atoms with Gasteiger partial charge in [0.25, 0.3) is 5.56 Å². The van der Waals surface area contributed by atoms with Crippen LogP contribution in [0.2, 0.25) is 5.02 Å². The van der Waals surface area contributed by atoms with Crippen LogP contribution in [0, 0.1) is 35.4 Å². The molecular weight excluding hydrogens is 295 g/mol. The minimum absolute atomic E-state index is 0.114. The van der Waals surface area contributed by atoms with Crippen molar-refractivity contribution < 1.29 is 4.39 Å². The molecular formula is C14H8ClFN4O. The van der Waals surface area contributed by atoms with Crippen molar-refractivity contribution in [3.05, 3.63) is 50.0 Å². The van der Waals surface area contributed by atoms with Crippen LogP contribution in [0.5, 0.6) is 0 Å². The van der Waals surface area contributed by atoms with Crippen molar-refractivity contribution in [1.82, 2.24) is 4.98 Å². The molecule has 0 bridgehead atoms. The molecule has 1 aromatic heterocycles. The number of nitriles is 2. The molecule has 0 saturated heterocycles. The Hall–Kier alpha value is -2.83. The summed E-state index contributed by atoms with van der Waals surface area (Å²) in [6, 6.07) is 5.87. The van der Waals surface area contributed by atoms with Crippen molar-refractivity contribution in [3.63, 3.8) is 0 Å². The molecule has 0 spiro atoms. The van der Waals surface area contributed by atoms with Gasteiger partial charge in [-0.05, 0) is 24.6 Å². The predicted molar refractivity (Wildman–Crippen MR) is 76.0 cm³/mol. The van der Waals surface area contributed by atoms with Crippen molar-refractivity contribution in [2.75, 3.05) is 5.73 Å². The van der Waals surface area contributed by atoms with Gasteiger partial charge in [0, 0.05) is 16.1 Å². The first-order valence-corrected chi connectivity index (χ1v) is 6.10. The maximum absolute atomic E-state index is 14.2. The first-order chi connectivity index (χ1) is 9.90. The van der Waals surface area contributed by atoms with Crippen molar-refractivity contribution >= 4 is 17.4 Å². The van der Waals surface area contributed by atoms with Gasteiger partial charge in [0.2, 0.25) is 0 Å². The number of pyridine rings is 1. The van der Waals surface area contributed by atoms with Gasteiger partial charge in [-0.3, -0.25) is 4.79 Å². The van der Waals surface area contributed by atoms with E-state index in [0.717, 1.165) is 6.07 Å². The molecule has 0 aliphatic heterocycles. The summed E-state index contributed by atoms with van der Waals surface area (Å²) in [6.45, 7) is 1.61. The first-order valence-electron chi connectivity index (χ1n) is 5.72. The van der Waals surface area contributed by atoms with Gasteiger partial charge in [0.05, 0.1) is 0 Å². The van der Waals surface area contributed by atoms with E-state index < -0.39 is 11.4 Å². The maximum Gasteiger partial charge on any atom is 0.268 e. The highest BCUT2D eigenvalue weighted by molar-refractivity contribution is 6.31. The number of hydrogen-bond donors (Lipinski definition) is 2. The minimum Gasteiger partial charge on any atom is -0.384 e. The first kappa shape index (κ1) is 14.6. The SMILES string of the molecule is Cc1cc(F)c(-c2c(C#N)c(N)[nH]c(=O)c2C#N)cc1Cl. The summed E-state index contributed by atoms with van der Waals surface area (Å²) in [5.74, 6) is -0.928. The van der Waals surface area contributed by atoms with E-state index in [1.54, 1.807) is 19.1 Å². The number of hydrogen-bond acceptors (Lipinski definition) is 4. The molecule has 21 heavy (non-hydrogen) atoms. The standard InChI is InChI=1S/C14H8ClFN4O/c1-6-2-11(16)7(3-10(6)15)12-8(4-17)13(19)20-14(21)9(12)5-18/h2-3H,1H3,(H3,19,20,21). The molecule has 1 heterocycles. The smallest absolute Gasteiger partial charge is 0.268 e. The molecule has 0 aliphatic carbocycles. The van der Waals surface area contributed by atoms with Crippen LogP contribution in [0.3, 0.4) is 0 Å². The van der Waals surface area contributed by atoms with E-state index in [1.807, 2.05) is 0 Å². The van der Waals surface area contributed by atoms with Gasteiger partial charge in [-0.2, -0.15) is 10.5 Å². The second-order valence-corrected chi connectivity index (χ2v) is 4.70.